The number of benzene rings is 1. The summed E-state index contributed by atoms with van der Waals surface area (Å²) in [5, 5.41) is 13.0. The highest BCUT2D eigenvalue weighted by Gasteiger charge is 2.16. The Kier molecular flexibility index (Phi) is 4.55. The summed E-state index contributed by atoms with van der Waals surface area (Å²) in [7, 11) is 0. The van der Waals surface area contributed by atoms with Crippen LogP contribution in [0.2, 0.25) is 0 Å². The predicted molar refractivity (Wildman–Crippen MR) is 95.4 cm³/mol. The molecule has 1 aromatic carbocycles. The van der Waals surface area contributed by atoms with Gasteiger partial charge in [0.25, 0.3) is 5.91 Å². The lowest BCUT2D eigenvalue weighted by Gasteiger charge is -2.20. The van der Waals surface area contributed by atoms with E-state index < -0.39 is 6.10 Å². The van der Waals surface area contributed by atoms with Crippen LogP contribution in [0.4, 0.5) is 0 Å². The number of rotatable bonds is 4. The van der Waals surface area contributed by atoms with Gasteiger partial charge in [0, 0.05) is 25.1 Å². The Labute approximate surface area is 146 Å². The number of fused-ring (bicyclic) bond motifs is 1. The highest BCUT2D eigenvalue weighted by molar-refractivity contribution is 5.92. The molecule has 2 heterocycles. The molecule has 130 valence electrons. The molecular formula is C19H22N4O2. The van der Waals surface area contributed by atoms with Gasteiger partial charge in [-0.15, -0.1) is 0 Å². The third-order valence-corrected chi connectivity index (χ3v) is 4.09. The van der Waals surface area contributed by atoms with E-state index in [2.05, 4.69) is 36.1 Å². The van der Waals surface area contributed by atoms with Gasteiger partial charge in [-0.2, -0.15) is 0 Å². The van der Waals surface area contributed by atoms with Crippen molar-refractivity contribution in [3.63, 3.8) is 0 Å². The Morgan fingerprint density at radius 3 is 2.64 bits per heavy atom. The second kappa shape index (κ2) is 6.64. The summed E-state index contributed by atoms with van der Waals surface area (Å²) in [6.07, 6.45) is 4.24. The van der Waals surface area contributed by atoms with Crippen LogP contribution < -0.4 is 5.32 Å². The van der Waals surface area contributed by atoms with Crippen LogP contribution in [0.25, 0.3) is 5.78 Å². The van der Waals surface area contributed by atoms with Crippen molar-refractivity contribution in [2.45, 2.75) is 32.3 Å². The Morgan fingerprint density at radius 2 is 2.00 bits per heavy atom. The SMILES string of the molecule is CC(C)(C)c1ccc(C(O)CNC(=O)c2cn3cccnc3n2)cc1. The van der Waals surface area contributed by atoms with Crippen molar-refractivity contribution in [3.8, 4) is 0 Å². The molecule has 1 unspecified atom stereocenters. The van der Waals surface area contributed by atoms with Crippen molar-refractivity contribution < 1.29 is 9.90 Å². The van der Waals surface area contributed by atoms with Crippen molar-refractivity contribution in [1.29, 1.82) is 0 Å². The molecule has 0 saturated heterocycles. The van der Waals surface area contributed by atoms with E-state index in [1.807, 2.05) is 24.3 Å². The molecule has 0 spiro atoms. The molecule has 6 nitrogen and oxygen atoms in total. The molecule has 0 radical (unpaired) electrons. The molecule has 1 amide bonds. The number of aromatic nitrogens is 3. The summed E-state index contributed by atoms with van der Waals surface area (Å²) in [5.41, 5.74) is 2.30. The molecule has 1 atom stereocenters. The second-order valence-corrected chi connectivity index (χ2v) is 7.05. The Morgan fingerprint density at radius 1 is 1.28 bits per heavy atom. The molecule has 0 saturated carbocycles. The third kappa shape index (κ3) is 3.85. The number of nitrogens with zero attached hydrogens (tertiary/aromatic N) is 3. The minimum absolute atomic E-state index is 0.0643. The molecule has 0 bridgehead atoms. The third-order valence-electron chi connectivity index (χ3n) is 4.09. The maximum absolute atomic E-state index is 12.2. The van der Waals surface area contributed by atoms with Crippen molar-refractivity contribution in [3.05, 3.63) is 65.7 Å². The molecule has 3 aromatic rings. The van der Waals surface area contributed by atoms with Gasteiger partial charge in [-0.3, -0.25) is 9.20 Å². The molecule has 0 aliphatic rings. The Bertz CT molecular complexity index is 845. The summed E-state index contributed by atoms with van der Waals surface area (Å²) in [5.74, 6) is 0.127. The van der Waals surface area contributed by atoms with Gasteiger partial charge in [0.05, 0.1) is 6.10 Å². The van der Waals surface area contributed by atoms with Crippen molar-refractivity contribution in [1.82, 2.24) is 19.7 Å². The number of nitrogens with one attached hydrogen (secondary N) is 1. The molecule has 0 fully saturated rings. The van der Waals surface area contributed by atoms with Gasteiger partial charge < -0.3 is 10.4 Å². The number of imidazole rings is 1. The molecule has 2 aromatic heterocycles. The van der Waals surface area contributed by atoms with Gasteiger partial charge in [-0.1, -0.05) is 45.0 Å². The first-order valence-corrected chi connectivity index (χ1v) is 8.21. The van der Waals surface area contributed by atoms with Crippen LogP contribution in [-0.2, 0) is 5.41 Å². The average molecular weight is 338 g/mol. The van der Waals surface area contributed by atoms with Crippen LogP contribution in [0, 0.1) is 0 Å². The zero-order valence-corrected chi connectivity index (χ0v) is 14.6. The monoisotopic (exact) mass is 338 g/mol. The molecule has 0 aliphatic heterocycles. The molecule has 6 heteroatoms. The summed E-state index contributed by atoms with van der Waals surface area (Å²) in [6, 6.07) is 9.57. The smallest absolute Gasteiger partial charge is 0.271 e. The van der Waals surface area contributed by atoms with Gasteiger partial charge in [-0.05, 0) is 22.6 Å². The highest BCUT2D eigenvalue weighted by atomic mass is 16.3. The van der Waals surface area contributed by atoms with E-state index in [-0.39, 0.29) is 23.6 Å². The zero-order valence-electron chi connectivity index (χ0n) is 14.6. The van der Waals surface area contributed by atoms with Crippen LogP contribution in [0.15, 0.2) is 48.9 Å². The first-order valence-electron chi connectivity index (χ1n) is 8.21. The standard InChI is InChI=1S/C19H22N4O2/c1-19(2,3)14-7-5-13(6-8-14)16(24)11-21-17(25)15-12-23-10-4-9-20-18(23)22-15/h4-10,12,16,24H,11H2,1-3H3,(H,21,25). The minimum Gasteiger partial charge on any atom is -0.387 e. The predicted octanol–water partition coefficient (Wildman–Crippen LogP) is 2.49. The van der Waals surface area contributed by atoms with Gasteiger partial charge >= 0.3 is 0 Å². The van der Waals surface area contributed by atoms with E-state index >= 15 is 0 Å². The number of carbonyl (C=O) groups excluding carboxylic acids is 1. The van der Waals surface area contributed by atoms with Gasteiger partial charge in [0.2, 0.25) is 5.78 Å². The fourth-order valence-corrected chi connectivity index (χ4v) is 2.54. The van der Waals surface area contributed by atoms with E-state index in [1.165, 1.54) is 5.56 Å². The minimum atomic E-state index is -0.770. The molecule has 3 rings (SSSR count). The highest BCUT2D eigenvalue weighted by Crippen LogP contribution is 2.23. The summed E-state index contributed by atoms with van der Waals surface area (Å²) < 4.78 is 1.68. The molecule has 25 heavy (non-hydrogen) atoms. The summed E-state index contributed by atoms with van der Waals surface area (Å²) >= 11 is 0. The second-order valence-electron chi connectivity index (χ2n) is 7.05. The van der Waals surface area contributed by atoms with Crippen LogP contribution in [0.5, 0.6) is 0 Å². The fraction of sp³-hybridized carbons (Fsp3) is 0.316. The topological polar surface area (TPSA) is 79.5 Å². The first kappa shape index (κ1) is 17.1. The van der Waals surface area contributed by atoms with E-state index in [0.717, 1.165) is 5.56 Å². The van der Waals surface area contributed by atoms with Crippen LogP contribution in [-0.4, -0.2) is 31.9 Å². The fourth-order valence-electron chi connectivity index (χ4n) is 2.54. The van der Waals surface area contributed by atoms with Gasteiger partial charge in [0.15, 0.2) is 0 Å². The number of hydrogen-bond acceptors (Lipinski definition) is 4. The number of amides is 1. The lowest BCUT2D eigenvalue weighted by Crippen LogP contribution is -2.28. The normalized spacial score (nSPS) is 13.0. The summed E-state index contributed by atoms with van der Waals surface area (Å²) in [4.78, 5) is 20.4. The lowest BCUT2D eigenvalue weighted by molar-refractivity contribution is 0.0912. The lowest BCUT2D eigenvalue weighted by atomic mass is 9.86. The van der Waals surface area contributed by atoms with E-state index in [4.69, 9.17) is 0 Å². The number of aliphatic hydroxyl groups is 1. The maximum atomic E-state index is 12.2. The maximum Gasteiger partial charge on any atom is 0.271 e. The van der Waals surface area contributed by atoms with E-state index in [0.29, 0.717) is 5.78 Å². The number of hydrogen-bond donors (Lipinski definition) is 2. The Hall–Kier alpha value is -2.73. The van der Waals surface area contributed by atoms with E-state index in [1.54, 1.807) is 29.1 Å². The zero-order chi connectivity index (χ0) is 18.0. The number of carbonyl (C=O) groups is 1. The van der Waals surface area contributed by atoms with Crippen molar-refractivity contribution in [2.24, 2.45) is 0 Å². The van der Waals surface area contributed by atoms with Gasteiger partial charge in [0.1, 0.15) is 5.69 Å². The molecule has 2 N–H and O–H groups in total. The average Bonchev–Trinajstić information content (AvgIpc) is 3.03. The van der Waals surface area contributed by atoms with Crippen molar-refractivity contribution >= 4 is 11.7 Å². The Balaban J connectivity index is 1.63. The largest absolute Gasteiger partial charge is 0.387 e. The van der Waals surface area contributed by atoms with Crippen LogP contribution in [0.1, 0.15) is 48.5 Å². The number of aliphatic hydroxyl groups excluding tert-OH is 1. The van der Waals surface area contributed by atoms with E-state index in [9.17, 15) is 9.90 Å². The van der Waals surface area contributed by atoms with Crippen LogP contribution in [0.3, 0.4) is 0 Å². The van der Waals surface area contributed by atoms with Crippen molar-refractivity contribution in [2.75, 3.05) is 6.54 Å². The first-order chi connectivity index (χ1) is 11.8. The quantitative estimate of drug-likeness (QED) is 0.766. The molecule has 0 aliphatic carbocycles. The molecular weight excluding hydrogens is 316 g/mol. The summed E-state index contributed by atoms with van der Waals surface area (Å²) in [6.45, 7) is 6.54. The van der Waals surface area contributed by atoms with Crippen LogP contribution >= 0.6 is 0 Å². The van der Waals surface area contributed by atoms with Gasteiger partial charge in [-0.25, -0.2) is 9.97 Å².